The molecule has 142 valence electrons. The molecule has 8 nitrogen and oxygen atoms in total. The van der Waals surface area contributed by atoms with Crippen LogP contribution in [-0.4, -0.2) is 52.9 Å². The van der Waals surface area contributed by atoms with Crippen molar-refractivity contribution in [2.45, 2.75) is 12.8 Å². The minimum atomic E-state index is -0.241. The van der Waals surface area contributed by atoms with Crippen LogP contribution in [0.4, 0.5) is 5.82 Å². The molecule has 1 aromatic heterocycles. The van der Waals surface area contributed by atoms with E-state index >= 15 is 0 Å². The van der Waals surface area contributed by atoms with Crippen molar-refractivity contribution in [1.82, 2.24) is 20.2 Å². The number of anilines is 1. The van der Waals surface area contributed by atoms with E-state index in [1.54, 1.807) is 18.3 Å². The number of nitrogens with one attached hydrogen (secondary N) is 1. The fraction of sp³-hybridized carbons (Fsp3) is 0.368. The van der Waals surface area contributed by atoms with E-state index in [1.165, 1.54) is 6.20 Å². The second-order valence-corrected chi connectivity index (χ2v) is 6.70. The first-order chi connectivity index (χ1) is 13.0. The van der Waals surface area contributed by atoms with Gasteiger partial charge in [0.1, 0.15) is 5.82 Å². The highest BCUT2D eigenvalue weighted by molar-refractivity contribution is 5.94. The van der Waals surface area contributed by atoms with Crippen LogP contribution in [0.2, 0.25) is 0 Å². The van der Waals surface area contributed by atoms with Gasteiger partial charge in [-0.1, -0.05) is 12.1 Å². The highest BCUT2D eigenvalue weighted by atomic mass is 16.2. The fourth-order valence-electron chi connectivity index (χ4n) is 3.20. The van der Waals surface area contributed by atoms with Gasteiger partial charge in [0, 0.05) is 30.8 Å². The molecular weight excluding hydrogens is 344 g/mol. The van der Waals surface area contributed by atoms with Crippen LogP contribution in [-0.2, 0) is 4.79 Å². The molecule has 0 radical (unpaired) electrons. The zero-order valence-electron chi connectivity index (χ0n) is 15.1. The summed E-state index contributed by atoms with van der Waals surface area (Å²) in [5.41, 5.74) is 13.1. The molecule has 2 amide bonds. The number of hydrogen-bond donors (Lipinski definition) is 3. The third kappa shape index (κ3) is 5.01. The Morgan fingerprint density at radius 1 is 1.19 bits per heavy atom. The molecule has 0 aliphatic carbocycles. The molecule has 5 N–H and O–H groups in total. The number of aromatic nitrogens is 2. The SMILES string of the molecule is NC(=O)[C@@H]1CCCN(CCNC(=O)c2ccc(-c3cnc(N)cn3)cc2)C1. The van der Waals surface area contributed by atoms with E-state index in [9.17, 15) is 9.59 Å². The highest BCUT2D eigenvalue weighted by Gasteiger charge is 2.23. The minimum absolute atomic E-state index is 0.0848. The smallest absolute Gasteiger partial charge is 0.251 e. The number of hydrogen-bond acceptors (Lipinski definition) is 6. The maximum atomic E-state index is 12.3. The average molecular weight is 368 g/mol. The van der Waals surface area contributed by atoms with Crippen molar-refractivity contribution in [3.05, 3.63) is 42.2 Å². The maximum absolute atomic E-state index is 12.3. The Kier molecular flexibility index (Phi) is 5.97. The molecule has 1 saturated heterocycles. The predicted molar refractivity (Wildman–Crippen MR) is 103 cm³/mol. The first kappa shape index (κ1) is 18.8. The summed E-state index contributed by atoms with van der Waals surface area (Å²) in [6.07, 6.45) is 4.90. The molecule has 1 aromatic carbocycles. The van der Waals surface area contributed by atoms with Crippen LogP contribution in [0.25, 0.3) is 11.3 Å². The lowest BCUT2D eigenvalue weighted by Crippen LogP contribution is -2.44. The van der Waals surface area contributed by atoms with E-state index < -0.39 is 0 Å². The van der Waals surface area contributed by atoms with Gasteiger partial charge in [-0.2, -0.15) is 0 Å². The van der Waals surface area contributed by atoms with E-state index in [-0.39, 0.29) is 17.7 Å². The lowest BCUT2D eigenvalue weighted by atomic mass is 9.97. The van der Waals surface area contributed by atoms with Crippen LogP contribution >= 0.6 is 0 Å². The number of carbonyl (C=O) groups is 2. The summed E-state index contributed by atoms with van der Waals surface area (Å²) >= 11 is 0. The lowest BCUT2D eigenvalue weighted by Gasteiger charge is -2.31. The molecule has 8 heteroatoms. The number of nitrogens with zero attached hydrogens (tertiary/aromatic N) is 3. The predicted octanol–water partition coefficient (Wildman–Crippen LogP) is 0.653. The third-order valence-electron chi connectivity index (χ3n) is 4.74. The molecule has 1 aliphatic rings. The van der Waals surface area contributed by atoms with Gasteiger partial charge in [0.25, 0.3) is 5.91 Å². The van der Waals surface area contributed by atoms with Crippen molar-refractivity contribution in [2.75, 3.05) is 31.9 Å². The van der Waals surface area contributed by atoms with Crippen LogP contribution < -0.4 is 16.8 Å². The van der Waals surface area contributed by atoms with Crippen LogP contribution in [0.3, 0.4) is 0 Å². The van der Waals surface area contributed by atoms with Gasteiger partial charge in [-0.05, 0) is 31.5 Å². The number of likely N-dealkylation sites (tertiary alicyclic amines) is 1. The zero-order chi connectivity index (χ0) is 19.2. The molecule has 1 fully saturated rings. The number of nitrogen functional groups attached to an aromatic ring is 1. The molecule has 0 saturated carbocycles. The summed E-state index contributed by atoms with van der Waals surface area (Å²) in [6.45, 7) is 2.82. The van der Waals surface area contributed by atoms with Gasteiger partial charge in [-0.15, -0.1) is 0 Å². The minimum Gasteiger partial charge on any atom is -0.382 e. The van der Waals surface area contributed by atoms with Crippen LogP contribution in [0.15, 0.2) is 36.7 Å². The zero-order valence-corrected chi connectivity index (χ0v) is 15.1. The second-order valence-electron chi connectivity index (χ2n) is 6.70. The van der Waals surface area contributed by atoms with Gasteiger partial charge in [0.15, 0.2) is 0 Å². The first-order valence-electron chi connectivity index (χ1n) is 9.01. The molecular formula is C19H24N6O2. The van der Waals surface area contributed by atoms with Crippen molar-refractivity contribution in [3.8, 4) is 11.3 Å². The van der Waals surface area contributed by atoms with E-state index in [0.717, 1.165) is 24.9 Å². The third-order valence-corrected chi connectivity index (χ3v) is 4.74. The van der Waals surface area contributed by atoms with Gasteiger partial charge >= 0.3 is 0 Å². The molecule has 1 aliphatic heterocycles. The summed E-state index contributed by atoms with van der Waals surface area (Å²) in [6, 6.07) is 7.17. The van der Waals surface area contributed by atoms with E-state index in [2.05, 4.69) is 20.2 Å². The van der Waals surface area contributed by atoms with Crippen LogP contribution in [0, 0.1) is 5.92 Å². The van der Waals surface area contributed by atoms with E-state index in [4.69, 9.17) is 11.5 Å². The Hall–Kier alpha value is -3.00. The Morgan fingerprint density at radius 2 is 1.96 bits per heavy atom. The van der Waals surface area contributed by atoms with Gasteiger partial charge in [0.05, 0.1) is 24.0 Å². The molecule has 2 aromatic rings. The number of rotatable bonds is 6. The van der Waals surface area contributed by atoms with Crippen molar-refractivity contribution in [1.29, 1.82) is 0 Å². The largest absolute Gasteiger partial charge is 0.382 e. The molecule has 0 unspecified atom stereocenters. The molecule has 2 heterocycles. The standard InChI is InChI=1S/C19H24N6O2/c20-17-11-23-16(10-24-17)13-3-5-14(6-4-13)19(27)22-7-9-25-8-1-2-15(12-25)18(21)26/h3-6,10-11,15H,1-2,7-9,12H2,(H2,20,24)(H2,21,26)(H,22,27)/t15-/m1/s1. The monoisotopic (exact) mass is 368 g/mol. The van der Waals surface area contributed by atoms with E-state index in [0.29, 0.717) is 36.7 Å². The van der Waals surface area contributed by atoms with Crippen LogP contribution in [0.5, 0.6) is 0 Å². The number of amides is 2. The Balaban J connectivity index is 1.49. The van der Waals surface area contributed by atoms with Crippen molar-refractivity contribution in [2.24, 2.45) is 11.7 Å². The first-order valence-corrected chi connectivity index (χ1v) is 9.01. The quantitative estimate of drug-likeness (QED) is 0.687. The number of primary amides is 1. The van der Waals surface area contributed by atoms with Crippen molar-refractivity contribution in [3.63, 3.8) is 0 Å². The van der Waals surface area contributed by atoms with Gasteiger partial charge < -0.3 is 21.7 Å². The molecule has 1 atom stereocenters. The van der Waals surface area contributed by atoms with Crippen LogP contribution in [0.1, 0.15) is 23.2 Å². The number of nitrogens with two attached hydrogens (primary N) is 2. The molecule has 27 heavy (non-hydrogen) atoms. The summed E-state index contributed by atoms with van der Waals surface area (Å²) < 4.78 is 0. The Bertz CT molecular complexity index is 791. The fourth-order valence-corrected chi connectivity index (χ4v) is 3.20. The number of benzene rings is 1. The Labute approximate surface area is 158 Å². The number of carbonyl (C=O) groups excluding carboxylic acids is 2. The number of piperidine rings is 1. The lowest BCUT2D eigenvalue weighted by molar-refractivity contribution is -0.123. The molecule has 0 bridgehead atoms. The van der Waals surface area contributed by atoms with Crippen molar-refractivity contribution < 1.29 is 9.59 Å². The van der Waals surface area contributed by atoms with Gasteiger partial charge in [-0.3, -0.25) is 14.6 Å². The highest BCUT2D eigenvalue weighted by Crippen LogP contribution is 2.17. The topological polar surface area (TPSA) is 127 Å². The van der Waals surface area contributed by atoms with Crippen molar-refractivity contribution >= 4 is 17.6 Å². The summed E-state index contributed by atoms with van der Waals surface area (Å²) in [5, 5.41) is 2.92. The average Bonchev–Trinajstić information content (AvgIpc) is 2.69. The normalized spacial score (nSPS) is 17.4. The summed E-state index contributed by atoms with van der Waals surface area (Å²) in [5.74, 6) is -0.0907. The summed E-state index contributed by atoms with van der Waals surface area (Å²) in [4.78, 5) is 34.0. The maximum Gasteiger partial charge on any atom is 0.251 e. The second kappa shape index (κ2) is 8.59. The molecule has 3 rings (SSSR count). The molecule has 0 spiro atoms. The van der Waals surface area contributed by atoms with Gasteiger partial charge in [-0.25, -0.2) is 4.98 Å². The summed E-state index contributed by atoms with van der Waals surface area (Å²) in [7, 11) is 0. The van der Waals surface area contributed by atoms with Gasteiger partial charge in [0.2, 0.25) is 5.91 Å². The Morgan fingerprint density at radius 3 is 2.63 bits per heavy atom. The van der Waals surface area contributed by atoms with E-state index in [1.807, 2.05) is 12.1 Å².